The molecule has 1 amide bonds. The van der Waals surface area contributed by atoms with Crippen LogP contribution in [0.5, 0.6) is 0 Å². The first-order chi connectivity index (χ1) is 12.2. The predicted molar refractivity (Wildman–Crippen MR) is 91.9 cm³/mol. The maximum Gasteiger partial charge on any atom is 0.434 e. The first-order valence-corrected chi connectivity index (χ1v) is 8.47. The molecule has 1 aromatic carbocycles. The van der Waals surface area contributed by atoms with E-state index in [0.717, 1.165) is 25.5 Å². The van der Waals surface area contributed by atoms with Crippen LogP contribution in [-0.4, -0.2) is 21.9 Å². The minimum absolute atomic E-state index is 0.105. The first-order valence-electron chi connectivity index (χ1n) is 7.71. The maximum atomic E-state index is 13.4. The second-order valence-corrected chi connectivity index (χ2v) is 6.65. The van der Waals surface area contributed by atoms with Crippen molar-refractivity contribution < 1.29 is 18.0 Å². The van der Waals surface area contributed by atoms with Crippen LogP contribution in [0.2, 0.25) is 10.0 Å². The van der Waals surface area contributed by atoms with E-state index >= 15 is 0 Å². The van der Waals surface area contributed by atoms with Gasteiger partial charge in [-0.25, -0.2) is 9.97 Å². The summed E-state index contributed by atoms with van der Waals surface area (Å²) in [5.74, 6) is -1.18. The van der Waals surface area contributed by atoms with Crippen molar-refractivity contribution in [3.05, 3.63) is 45.7 Å². The van der Waals surface area contributed by atoms with Crippen LogP contribution < -0.4 is 10.6 Å². The van der Waals surface area contributed by atoms with Crippen molar-refractivity contribution in [2.24, 2.45) is 0 Å². The topological polar surface area (TPSA) is 66.9 Å². The van der Waals surface area contributed by atoms with Gasteiger partial charge in [0.25, 0.3) is 5.91 Å². The summed E-state index contributed by atoms with van der Waals surface area (Å²) in [5, 5.41) is 5.71. The van der Waals surface area contributed by atoms with Crippen LogP contribution in [0.15, 0.2) is 24.4 Å². The van der Waals surface area contributed by atoms with Gasteiger partial charge in [-0.15, -0.1) is 0 Å². The molecule has 10 heteroatoms. The zero-order valence-electron chi connectivity index (χ0n) is 13.2. The van der Waals surface area contributed by atoms with E-state index in [9.17, 15) is 18.0 Å². The third kappa shape index (κ3) is 4.19. The third-order valence-corrected chi connectivity index (χ3v) is 4.48. The molecule has 1 heterocycles. The lowest BCUT2D eigenvalue weighted by Gasteiger charge is -2.26. The van der Waals surface area contributed by atoms with Gasteiger partial charge in [0, 0.05) is 17.3 Å². The van der Waals surface area contributed by atoms with Gasteiger partial charge in [0.15, 0.2) is 5.69 Å². The predicted octanol–water partition coefficient (Wildman–Crippen LogP) is 4.83. The van der Waals surface area contributed by atoms with Gasteiger partial charge in [0.2, 0.25) is 5.95 Å². The van der Waals surface area contributed by atoms with Gasteiger partial charge in [-0.1, -0.05) is 23.2 Å². The molecule has 0 bridgehead atoms. The summed E-state index contributed by atoms with van der Waals surface area (Å²) in [6.07, 6.45) is -1.52. The Labute approximate surface area is 156 Å². The van der Waals surface area contributed by atoms with E-state index in [1.54, 1.807) is 0 Å². The Kier molecular flexibility index (Phi) is 5.24. The number of amides is 1. The molecular weight excluding hydrogens is 392 g/mol. The third-order valence-electron chi connectivity index (χ3n) is 3.92. The van der Waals surface area contributed by atoms with E-state index in [-0.39, 0.29) is 22.7 Å². The number of hydrogen-bond donors (Lipinski definition) is 2. The minimum Gasteiger partial charge on any atom is -0.349 e. The van der Waals surface area contributed by atoms with Crippen LogP contribution in [0, 0.1) is 0 Å². The molecule has 1 saturated carbocycles. The Morgan fingerprint density at radius 1 is 1.23 bits per heavy atom. The molecule has 2 aromatic rings. The van der Waals surface area contributed by atoms with Crippen molar-refractivity contribution in [3.8, 4) is 0 Å². The lowest BCUT2D eigenvalue weighted by Crippen LogP contribution is -2.40. The highest BCUT2D eigenvalue weighted by atomic mass is 35.5. The number of carbonyl (C=O) groups excluding carboxylic acids is 1. The number of hydrogen-bond acceptors (Lipinski definition) is 4. The molecule has 5 nitrogen and oxygen atoms in total. The lowest BCUT2D eigenvalue weighted by molar-refractivity contribution is -0.141. The van der Waals surface area contributed by atoms with Gasteiger partial charge in [-0.3, -0.25) is 4.79 Å². The number of nitrogens with one attached hydrogen (secondary N) is 2. The van der Waals surface area contributed by atoms with E-state index in [1.807, 2.05) is 0 Å². The number of nitrogens with zero attached hydrogens (tertiary/aromatic N) is 2. The van der Waals surface area contributed by atoms with Gasteiger partial charge in [-0.05, 0) is 37.5 Å². The normalized spacial score (nSPS) is 14.7. The smallest absolute Gasteiger partial charge is 0.349 e. The van der Waals surface area contributed by atoms with Gasteiger partial charge < -0.3 is 10.6 Å². The number of benzene rings is 1. The van der Waals surface area contributed by atoms with Crippen molar-refractivity contribution >= 4 is 40.7 Å². The van der Waals surface area contributed by atoms with Crippen LogP contribution in [0.25, 0.3) is 0 Å². The molecular formula is C16H13Cl2F3N4O. The summed E-state index contributed by atoms with van der Waals surface area (Å²) >= 11 is 11.8. The van der Waals surface area contributed by atoms with Crippen LogP contribution in [-0.2, 0) is 6.18 Å². The summed E-state index contributed by atoms with van der Waals surface area (Å²) in [4.78, 5) is 19.4. The standard InChI is InChI=1S/C16H13Cl2F3N4O/c17-8-4-5-11(18)12(6-8)24-15-22-7-10(13(25-15)16(19,20)21)14(26)23-9-2-1-3-9/h4-7,9H,1-3H2,(H,23,26)(H,22,24,25). The summed E-state index contributed by atoms with van der Waals surface area (Å²) in [6, 6.07) is 4.34. The fourth-order valence-electron chi connectivity index (χ4n) is 2.35. The Morgan fingerprint density at radius 3 is 2.58 bits per heavy atom. The number of aromatic nitrogens is 2. The fraction of sp³-hybridized carbons (Fsp3) is 0.312. The van der Waals surface area contributed by atoms with E-state index in [0.29, 0.717) is 5.02 Å². The van der Waals surface area contributed by atoms with E-state index in [1.165, 1.54) is 18.2 Å². The molecule has 3 rings (SSSR count). The molecule has 26 heavy (non-hydrogen) atoms. The largest absolute Gasteiger partial charge is 0.434 e. The van der Waals surface area contributed by atoms with E-state index in [4.69, 9.17) is 23.2 Å². The molecule has 0 radical (unpaired) electrons. The Morgan fingerprint density at radius 2 is 1.96 bits per heavy atom. The van der Waals surface area contributed by atoms with Gasteiger partial charge in [0.05, 0.1) is 16.3 Å². The summed E-state index contributed by atoms with van der Waals surface area (Å²) in [5.41, 5.74) is -1.68. The molecule has 1 aliphatic carbocycles. The molecule has 0 aliphatic heterocycles. The van der Waals surface area contributed by atoms with Gasteiger partial charge in [-0.2, -0.15) is 13.2 Å². The first kappa shape index (κ1) is 18.7. The molecule has 2 N–H and O–H groups in total. The monoisotopic (exact) mass is 404 g/mol. The molecule has 0 atom stereocenters. The Hall–Kier alpha value is -2.06. The lowest BCUT2D eigenvalue weighted by atomic mass is 9.93. The minimum atomic E-state index is -4.82. The highest BCUT2D eigenvalue weighted by molar-refractivity contribution is 6.35. The number of alkyl halides is 3. The molecule has 1 aromatic heterocycles. The molecule has 0 unspecified atom stereocenters. The van der Waals surface area contributed by atoms with Crippen LogP contribution >= 0.6 is 23.2 Å². The molecule has 1 aliphatic rings. The summed E-state index contributed by atoms with van der Waals surface area (Å²) in [7, 11) is 0. The van der Waals surface area contributed by atoms with Crippen molar-refractivity contribution in [3.63, 3.8) is 0 Å². The van der Waals surface area contributed by atoms with Crippen LogP contribution in [0.1, 0.15) is 35.3 Å². The van der Waals surface area contributed by atoms with E-state index in [2.05, 4.69) is 20.6 Å². The SMILES string of the molecule is O=C(NC1CCC1)c1cnc(Nc2cc(Cl)ccc2Cl)nc1C(F)(F)F. The van der Waals surface area contributed by atoms with E-state index < -0.39 is 23.3 Å². The van der Waals surface area contributed by atoms with Crippen LogP contribution in [0.3, 0.4) is 0 Å². The highest BCUT2D eigenvalue weighted by Crippen LogP contribution is 2.33. The van der Waals surface area contributed by atoms with Crippen molar-refractivity contribution in [2.75, 3.05) is 5.32 Å². The van der Waals surface area contributed by atoms with Crippen molar-refractivity contribution in [1.29, 1.82) is 0 Å². The maximum absolute atomic E-state index is 13.4. The Bertz CT molecular complexity index is 841. The zero-order chi connectivity index (χ0) is 18.9. The summed E-state index contributed by atoms with van der Waals surface area (Å²) in [6.45, 7) is 0. The Balaban J connectivity index is 1.91. The fourth-order valence-corrected chi connectivity index (χ4v) is 2.69. The number of rotatable bonds is 4. The quantitative estimate of drug-likeness (QED) is 0.765. The number of carbonyl (C=O) groups is 1. The second-order valence-electron chi connectivity index (χ2n) is 5.80. The molecule has 0 spiro atoms. The summed E-state index contributed by atoms with van der Waals surface area (Å²) < 4.78 is 40.1. The molecule has 138 valence electrons. The average Bonchev–Trinajstić information content (AvgIpc) is 2.53. The van der Waals surface area contributed by atoms with Crippen molar-refractivity contribution in [1.82, 2.24) is 15.3 Å². The highest BCUT2D eigenvalue weighted by Gasteiger charge is 2.38. The van der Waals surface area contributed by atoms with Crippen LogP contribution in [0.4, 0.5) is 24.8 Å². The number of halogens is 5. The second kappa shape index (κ2) is 7.28. The number of anilines is 2. The molecule has 0 saturated heterocycles. The molecule has 1 fully saturated rings. The van der Waals surface area contributed by atoms with Gasteiger partial charge in [0.1, 0.15) is 0 Å². The van der Waals surface area contributed by atoms with Crippen molar-refractivity contribution in [2.45, 2.75) is 31.5 Å². The average molecular weight is 405 g/mol. The zero-order valence-corrected chi connectivity index (χ0v) is 14.7. The van der Waals surface area contributed by atoms with Gasteiger partial charge >= 0.3 is 6.18 Å².